The van der Waals surface area contributed by atoms with Gasteiger partial charge in [-0.2, -0.15) is 4.98 Å². The predicted molar refractivity (Wildman–Crippen MR) is 142 cm³/mol. The summed E-state index contributed by atoms with van der Waals surface area (Å²) >= 11 is 0. The summed E-state index contributed by atoms with van der Waals surface area (Å²) in [5.74, 6) is 1.08. The fraction of sp³-hybridized carbons (Fsp3) is 0.440. The summed E-state index contributed by atoms with van der Waals surface area (Å²) in [4.78, 5) is 12.0. The number of nitrogens with zero attached hydrogens (tertiary/aromatic N) is 3. The van der Waals surface area contributed by atoms with Crippen LogP contribution in [0, 0.1) is 0 Å². The third-order valence-corrected chi connectivity index (χ3v) is 8.81. The van der Waals surface area contributed by atoms with Gasteiger partial charge in [-0.15, -0.1) is 0 Å². The second kappa shape index (κ2) is 10.8. The lowest BCUT2D eigenvalue weighted by atomic mass is 9.73. The Morgan fingerprint density at radius 3 is 2.58 bits per heavy atom. The molecule has 1 aromatic heterocycles. The molecule has 0 spiro atoms. The maximum absolute atomic E-state index is 13.8. The fourth-order valence-electron chi connectivity index (χ4n) is 4.65. The van der Waals surface area contributed by atoms with Crippen LogP contribution in [-0.2, 0) is 32.7 Å². The third kappa shape index (κ3) is 6.01. The number of nitrogens with one attached hydrogen (secondary N) is 2. The number of hydrogen-bond acceptors (Lipinski definition) is 7. The van der Waals surface area contributed by atoms with Gasteiger partial charge >= 0.3 is 0 Å². The zero-order chi connectivity index (χ0) is 25.9. The van der Waals surface area contributed by atoms with E-state index >= 15 is 0 Å². The van der Waals surface area contributed by atoms with Gasteiger partial charge in [0.05, 0.1) is 22.7 Å². The van der Waals surface area contributed by atoms with Gasteiger partial charge in [-0.25, -0.2) is 22.5 Å². The van der Waals surface area contributed by atoms with Gasteiger partial charge in [0.2, 0.25) is 16.0 Å². The number of sulfonamides is 1. The number of aryl methyl sites for hydroxylation is 1. The third-order valence-electron chi connectivity index (χ3n) is 6.69. The van der Waals surface area contributed by atoms with Crippen LogP contribution in [0.5, 0.6) is 0 Å². The molecule has 8 nitrogen and oxygen atoms in total. The lowest BCUT2D eigenvalue weighted by Gasteiger charge is -2.42. The Morgan fingerprint density at radius 1 is 1.25 bits per heavy atom. The summed E-state index contributed by atoms with van der Waals surface area (Å²) in [6.07, 6.45) is 4.73. The SMILES string of the molecule is C=C(/C=C(/F)CC)Nc1nc(N2CCC(CNS(C)(=O)=O)(c3ccccc3)CC2)nc2c1S(=O)CC2. The first-order chi connectivity index (χ1) is 17.1. The molecule has 194 valence electrons. The lowest BCUT2D eigenvalue weighted by Crippen LogP contribution is -2.49. The fourth-order valence-corrected chi connectivity index (χ4v) is 6.50. The zero-order valence-electron chi connectivity index (χ0n) is 20.6. The molecule has 0 bridgehead atoms. The molecule has 1 saturated heterocycles. The van der Waals surface area contributed by atoms with Crippen molar-refractivity contribution in [2.75, 3.05) is 41.9 Å². The molecule has 1 fully saturated rings. The first-order valence-corrected chi connectivity index (χ1v) is 15.2. The van der Waals surface area contributed by atoms with Crippen LogP contribution in [0.3, 0.4) is 0 Å². The quantitative estimate of drug-likeness (QED) is 0.476. The number of allylic oxidation sites excluding steroid dienone is 2. The van der Waals surface area contributed by atoms with Crippen LogP contribution < -0.4 is 14.9 Å². The first-order valence-electron chi connectivity index (χ1n) is 12.0. The molecule has 4 rings (SSSR count). The molecule has 3 heterocycles. The lowest BCUT2D eigenvalue weighted by molar-refractivity contribution is 0.328. The molecular formula is C25H32FN5O3S2. The van der Waals surface area contributed by atoms with Crippen LogP contribution in [0.2, 0.25) is 0 Å². The van der Waals surface area contributed by atoms with Crippen molar-refractivity contribution in [1.82, 2.24) is 14.7 Å². The van der Waals surface area contributed by atoms with E-state index in [1.807, 2.05) is 30.3 Å². The molecule has 2 aliphatic heterocycles. The number of fused-ring (bicyclic) bond motifs is 1. The summed E-state index contributed by atoms with van der Waals surface area (Å²) in [5, 5.41) is 3.04. The summed E-state index contributed by atoms with van der Waals surface area (Å²) in [6, 6.07) is 9.96. The normalized spacial score (nSPS) is 19.7. The number of halogens is 1. The maximum Gasteiger partial charge on any atom is 0.227 e. The Morgan fingerprint density at radius 2 is 1.94 bits per heavy atom. The van der Waals surface area contributed by atoms with E-state index in [0.29, 0.717) is 67.0 Å². The summed E-state index contributed by atoms with van der Waals surface area (Å²) in [6.45, 7) is 7.13. The molecule has 36 heavy (non-hydrogen) atoms. The number of rotatable bonds is 9. The van der Waals surface area contributed by atoms with E-state index in [4.69, 9.17) is 4.98 Å². The molecule has 1 unspecified atom stereocenters. The Balaban J connectivity index is 1.60. The number of anilines is 2. The van der Waals surface area contributed by atoms with Crippen molar-refractivity contribution in [1.29, 1.82) is 0 Å². The molecule has 0 amide bonds. The summed E-state index contributed by atoms with van der Waals surface area (Å²) in [7, 11) is -4.57. The van der Waals surface area contributed by atoms with Gasteiger partial charge in [0.1, 0.15) is 10.7 Å². The predicted octanol–water partition coefficient (Wildman–Crippen LogP) is 3.42. The van der Waals surface area contributed by atoms with Crippen LogP contribution >= 0.6 is 0 Å². The average molecular weight is 534 g/mol. The monoisotopic (exact) mass is 533 g/mol. The van der Waals surface area contributed by atoms with Crippen molar-refractivity contribution < 1.29 is 17.0 Å². The molecule has 1 aromatic carbocycles. The molecule has 2 N–H and O–H groups in total. The minimum Gasteiger partial charge on any atom is -0.341 e. The number of aromatic nitrogens is 2. The number of hydrogen-bond donors (Lipinski definition) is 2. The van der Waals surface area contributed by atoms with Crippen LogP contribution in [0.1, 0.15) is 37.4 Å². The van der Waals surface area contributed by atoms with E-state index in [-0.39, 0.29) is 17.7 Å². The van der Waals surface area contributed by atoms with Crippen LogP contribution in [0.4, 0.5) is 16.2 Å². The molecule has 0 saturated carbocycles. The Labute approximate surface area is 214 Å². The zero-order valence-corrected chi connectivity index (χ0v) is 22.2. The molecule has 2 aromatic rings. The van der Waals surface area contributed by atoms with Crippen LogP contribution in [0.15, 0.2) is 59.4 Å². The maximum atomic E-state index is 13.8. The van der Waals surface area contributed by atoms with Crippen molar-refractivity contribution in [3.8, 4) is 0 Å². The second-order valence-corrected chi connectivity index (χ2v) is 12.6. The molecule has 0 aliphatic carbocycles. The van der Waals surface area contributed by atoms with Crippen LogP contribution in [-0.4, -0.2) is 54.2 Å². The summed E-state index contributed by atoms with van der Waals surface area (Å²) < 4.78 is 52.9. The number of piperidine rings is 1. The van der Waals surface area contributed by atoms with Gasteiger partial charge in [-0.3, -0.25) is 4.21 Å². The van der Waals surface area contributed by atoms with Gasteiger partial charge in [0, 0.05) is 42.9 Å². The van der Waals surface area contributed by atoms with E-state index in [1.54, 1.807) is 6.92 Å². The highest BCUT2D eigenvalue weighted by molar-refractivity contribution is 7.88. The smallest absolute Gasteiger partial charge is 0.227 e. The molecule has 0 radical (unpaired) electrons. The average Bonchev–Trinajstić information content (AvgIpc) is 3.24. The highest BCUT2D eigenvalue weighted by Crippen LogP contribution is 2.37. The first kappa shape index (κ1) is 26.4. The van der Waals surface area contributed by atoms with Crippen molar-refractivity contribution in [3.63, 3.8) is 0 Å². The van der Waals surface area contributed by atoms with Gasteiger partial charge in [0.25, 0.3) is 0 Å². The van der Waals surface area contributed by atoms with Gasteiger partial charge in [-0.05, 0) is 30.9 Å². The van der Waals surface area contributed by atoms with Crippen molar-refractivity contribution in [3.05, 3.63) is 65.8 Å². The molecule has 2 aliphatic rings. The minimum absolute atomic E-state index is 0.255. The molecular weight excluding hydrogens is 501 g/mol. The minimum atomic E-state index is -3.34. The van der Waals surface area contributed by atoms with E-state index in [1.165, 1.54) is 12.3 Å². The standard InChI is InChI=1S/C25H32FN5O3S2/c1-4-20(26)16-18(2)28-23-22-21(10-15-35(22)32)29-24(30-23)31-13-11-25(12-14-31,17-27-36(3,33)34)19-8-6-5-7-9-19/h5-9,16,27H,2,4,10-15,17H2,1,3H3,(H,28,29,30)/b20-16+. The van der Waals surface area contributed by atoms with Gasteiger partial charge in [-0.1, -0.05) is 43.8 Å². The van der Waals surface area contributed by atoms with E-state index < -0.39 is 20.8 Å². The Kier molecular flexibility index (Phi) is 7.91. The molecule has 11 heteroatoms. The van der Waals surface area contributed by atoms with Gasteiger partial charge < -0.3 is 10.2 Å². The Bertz CT molecular complexity index is 1290. The van der Waals surface area contributed by atoms with Gasteiger partial charge in [0.15, 0.2) is 5.82 Å². The highest BCUT2D eigenvalue weighted by Gasteiger charge is 2.38. The molecule has 1 atom stereocenters. The van der Waals surface area contributed by atoms with Crippen molar-refractivity contribution in [2.24, 2.45) is 0 Å². The van der Waals surface area contributed by atoms with Crippen LogP contribution in [0.25, 0.3) is 0 Å². The number of benzene rings is 1. The van der Waals surface area contributed by atoms with E-state index in [0.717, 1.165) is 11.3 Å². The van der Waals surface area contributed by atoms with Crippen molar-refractivity contribution in [2.45, 2.75) is 42.9 Å². The summed E-state index contributed by atoms with van der Waals surface area (Å²) in [5.41, 5.74) is 1.80. The Hall–Kier alpha value is -2.63. The highest BCUT2D eigenvalue weighted by atomic mass is 32.2. The van der Waals surface area contributed by atoms with E-state index in [2.05, 4.69) is 26.5 Å². The van der Waals surface area contributed by atoms with Crippen molar-refractivity contribution >= 4 is 32.6 Å². The van der Waals surface area contributed by atoms with E-state index in [9.17, 15) is 17.0 Å². The largest absolute Gasteiger partial charge is 0.341 e. The topological polar surface area (TPSA) is 104 Å². The second-order valence-electron chi connectivity index (χ2n) is 9.27.